The van der Waals surface area contributed by atoms with Crippen LogP contribution in [-0.2, 0) is 0 Å². The van der Waals surface area contributed by atoms with Gasteiger partial charge < -0.3 is 10.1 Å². The van der Waals surface area contributed by atoms with Crippen LogP contribution in [0.3, 0.4) is 0 Å². The lowest BCUT2D eigenvalue weighted by Gasteiger charge is -2.25. The third-order valence-corrected chi connectivity index (χ3v) is 4.32. The van der Waals surface area contributed by atoms with E-state index in [9.17, 15) is 0 Å². The minimum absolute atomic E-state index is 0.688. The van der Waals surface area contributed by atoms with Crippen molar-refractivity contribution in [3.8, 4) is 5.75 Å². The van der Waals surface area contributed by atoms with E-state index in [0.29, 0.717) is 5.92 Å². The molecule has 1 aliphatic heterocycles. The Morgan fingerprint density at radius 1 is 1.29 bits per heavy atom. The van der Waals surface area contributed by atoms with Crippen LogP contribution in [0.5, 0.6) is 5.75 Å². The molecule has 1 saturated heterocycles. The van der Waals surface area contributed by atoms with Crippen LogP contribution in [-0.4, -0.2) is 26.5 Å². The zero-order valence-electron chi connectivity index (χ0n) is 10.9. The Balaban J connectivity index is 2.35. The van der Waals surface area contributed by atoms with Crippen molar-refractivity contribution in [2.24, 2.45) is 0 Å². The number of methoxy groups -OCH3 is 1. The highest BCUT2D eigenvalue weighted by atomic mass is 32.2. The van der Waals surface area contributed by atoms with Gasteiger partial charge in [0.2, 0.25) is 0 Å². The number of rotatable bonds is 3. The summed E-state index contributed by atoms with van der Waals surface area (Å²) in [6, 6.07) is 4.51. The third-order valence-electron chi connectivity index (χ3n) is 3.53. The van der Waals surface area contributed by atoms with Crippen LogP contribution in [0.4, 0.5) is 0 Å². The van der Waals surface area contributed by atoms with Crippen LogP contribution in [0.1, 0.15) is 29.9 Å². The maximum absolute atomic E-state index is 5.45. The fourth-order valence-corrected chi connectivity index (χ4v) is 3.28. The molecule has 0 bridgehead atoms. The summed E-state index contributed by atoms with van der Waals surface area (Å²) < 4.78 is 5.45. The Kier molecular flexibility index (Phi) is 4.35. The summed E-state index contributed by atoms with van der Waals surface area (Å²) in [5.74, 6) is 1.71. The fraction of sp³-hybridized carbons (Fsp3) is 0.571. The summed E-state index contributed by atoms with van der Waals surface area (Å²) >= 11 is 1.85. The van der Waals surface area contributed by atoms with Crippen LogP contribution in [0, 0.1) is 6.92 Å². The van der Waals surface area contributed by atoms with Crippen molar-refractivity contribution in [2.75, 3.05) is 26.5 Å². The molecule has 2 nitrogen and oxygen atoms in total. The first kappa shape index (κ1) is 12.8. The van der Waals surface area contributed by atoms with Gasteiger partial charge in [0, 0.05) is 4.90 Å². The van der Waals surface area contributed by atoms with Crippen molar-refractivity contribution < 1.29 is 4.74 Å². The smallest absolute Gasteiger partial charge is 0.122 e. The van der Waals surface area contributed by atoms with Crippen LogP contribution in [0.2, 0.25) is 0 Å². The summed E-state index contributed by atoms with van der Waals surface area (Å²) in [5.41, 5.74) is 2.70. The van der Waals surface area contributed by atoms with Gasteiger partial charge in [-0.25, -0.2) is 0 Å². The fourth-order valence-electron chi connectivity index (χ4n) is 2.53. The molecule has 17 heavy (non-hydrogen) atoms. The third kappa shape index (κ3) is 2.78. The van der Waals surface area contributed by atoms with Gasteiger partial charge in [0.15, 0.2) is 0 Å². The zero-order chi connectivity index (χ0) is 12.3. The average molecular weight is 251 g/mol. The van der Waals surface area contributed by atoms with Crippen molar-refractivity contribution in [3.63, 3.8) is 0 Å². The summed E-state index contributed by atoms with van der Waals surface area (Å²) in [4.78, 5) is 1.41. The maximum Gasteiger partial charge on any atom is 0.122 e. The molecular formula is C14H21NOS. The van der Waals surface area contributed by atoms with Gasteiger partial charge in [0.1, 0.15) is 5.75 Å². The lowest BCUT2D eigenvalue weighted by Crippen LogP contribution is -2.26. The molecule has 0 aromatic heterocycles. The molecule has 0 aliphatic carbocycles. The first-order chi connectivity index (χ1) is 8.26. The van der Waals surface area contributed by atoms with Crippen molar-refractivity contribution in [1.29, 1.82) is 0 Å². The monoisotopic (exact) mass is 251 g/mol. The van der Waals surface area contributed by atoms with Crippen LogP contribution in [0.15, 0.2) is 17.0 Å². The largest absolute Gasteiger partial charge is 0.496 e. The average Bonchev–Trinajstić information content (AvgIpc) is 2.39. The highest BCUT2D eigenvalue weighted by Crippen LogP contribution is 2.36. The van der Waals surface area contributed by atoms with E-state index in [1.165, 1.54) is 28.9 Å². The normalized spacial score (nSPS) is 17.1. The lowest BCUT2D eigenvalue weighted by atomic mass is 9.89. The number of ether oxygens (including phenoxy) is 1. The molecular weight excluding hydrogens is 230 g/mol. The van der Waals surface area contributed by atoms with Crippen molar-refractivity contribution in [3.05, 3.63) is 23.3 Å². The van der Waals surface area contributed by atoms with Crippen LogP contribution >= 0.6 is 11.8 Å². The van der Waals surface area contributed by atoms with E-state index in [1.54, 1.807) is 7.11 Å². The quantitative estimate of drug-likeness (QED) is 0.834. The minimum Gasteiger partial charge on any atom is -0.496 e. The Morgan fingerprint density at radius 3 is 2.59 bits per heavy atom. The van der Waals surface area contributed by atoms with Gasteiger partial charge in [-0.1, -0.05) is 0 Å². The lowest BCUT2D eigenvalue weighted by molar-refractivity contribution is 0.407. The standard InChI is InChI=1S/C14H21NOS/c1-10-8-14(17-3)12(9-13(10)16-2)11-4-6-15-7-5-11/h8-9,11,15H,4-7H2,1-3H3. The molecule has 94 valence electrons. The summed E-state index contributed by atoms with van der Waals surface area (Å²) in [6.45, 7) is 4.38. The van der Waals surface area contributed by atoms with E-state index in [-0.39, 0.29) is 0 Å². The molecule has 1 aliphatic rings. The first-order valence-electron chi connectivity index (χ1n) is 6.19. The Morgan fingerprint density at radius 2 is 2.00 bits per heavy atom. The number of benzene rings is 1. The first-order valence-corrected chi connectivity index (χ1v) is 7.42. The predicted octanol–water partition coefficient (Wildman–Crippen LogP) is 3.19. The molecule has 1 aromatic carbocycles. The Labute approximate surface area is 108 Å². The molecule has 0 unspecified atom stereocenters. The highest BCUT2D eigenvalue weighted by Gasteiger charge is 2.19. The Hall–Kier alpha value is -0.670. The summed E-state index contributed by atoms with van der Waals surface area (Å²) in [5, 5.41) is 3.42. The molecule has 0 atom stereocenters. The minimum atomic E-state index is 0.688. The van der Waals surface area contributed by atoms with Gasteiger partial charge in [-0.2, -0.15) is 0 Å². The molecule has 3 heteroatoms. The molecule has 0 amide bonds. The van der Waals surface area contributed by atoms with Crippen molar-refractivity contribution >= 4 is 11.8 Å². The van der Waals surface area contributed by atoms with Gasteiger partial charge in [-0.3, -0.25) is 0 Å². The van der Waals surface area contributed by atoms with E-state index in [4.69, 9.17) is 4.74 Å². The summed E-state index contributed by atoms with van der Waals surface area (Å²) in [7, 11) is 1.76. The van der Waals surface area contributed by atoms with E-state index in [2.05, 4.69) is 30.6 Å². The van der Waals surface area contributed by atoms with Gasteiger partial charge in [0.25, 0.3) is 0 Å². The van der Waals surface area contributed by atoms with Crippen LogP contribution < -0.4 is 10.1 Å². The number of aryl methyl sites for hydroxylation is 1. The van der Waals surface area contributed by atoms with E-state index >= 15 is 0 Å². The van der Waals surface area contributed by atoms with Gasteiger partial charge in [0.05, 0.1) is 7.11 Å². The second-order valence-corrected chi connectivity index (χ2v) is 5.44. The second kappa shape index (κ2) is 5.78. The molecule has 0 radical (unpaired) electrons. The number of thioether (sulfide) groups is 1. The molecule has 0 saturated carbocycles. The number of hydrogen-bond acceptors (Lipinski definition) is 3. The van der Waals surface area contributed by atoms with Gasteiger partial charge >= 0.3 is 0 Å². The van der Waals surface area contributed by atoms with Crippen molar-refractivity contribution in [1.82, 2.24) is 5.32 Å². The van der Waals surface area contributed by atoms with E-state index < -0.39 is 0 Å². The highest BCUT2D eigenvalue weighted by molar-refractivity contribution is 7.98. The van der Waals surface area contributed by atoms with E-state index in [0.717, 1.165) is 18.8 Å². The number of piperidine rings is 1. The van der Waals surface area contributed by atoms with Gasteiger partial charge in [-0.05, 0) is 68.3 Å². The summed E-state index contributed by atoms with van der Waals surface area (Å²) in [6.07, 6.45) is 4.63. The van der Waals surface area contributed by atoms with E-state index in [1.807, 2.05) is 11.8 Å². The Bertz CT molecular complexity index is 386. The van der Waals surface area contributed by atoms with Crippen LogP contribution in [0.25, 0.3) is 0 Å². The molecule has 1 heterocycles. The molecule has 1 N–H and O–H groups in total. The number of hydrogen-bond donors (Lipinski definition) is 1. The second-order valence-electron chi connectivity index (χ2n) is 4.59. The topological polar surface area (TPSA) is 21.3 Å². The molecule has 0 spiro atoms. The SMILES string of the molecule is COc1cc(C2CCNCC2)c(SC)cc1C. The maximum atomic E-state index is 5.45. The molecule has 1 aromatic rings. The number of nitrogens with one attached hydrogen (secondary N) is 1. The predicted molar refractivity (Wildman–Crippen MR) is 74.4 cm³/mol. The molecule has 1 fully saturated rings. The van der Waals surface area contributed by atoms with Crippen molar-refractivity contribution in [2.45, 2.75) is 30.6 Å². The zero-order valence-corrected chi connectivity index (χ0v) is 11.7. The molecule has 2 rings (SSSR count). The van der Waals surface area contributed by atoms with Gasteiger partial charge in [-0.15, -0.1) is 11.8 Å².